The average Bonchev–Trinajstić information content (AvgIpc) is 2.47. The molecule has 4 heteroatoms. The maximum Gasteiger partial charge on any atom is 0.220 e. The van der Waals surface area contributed by atoms with Gasteiger partial charge < -0.3 is 5.32 Å². The maximum atomic E-state index is 12.9. The Morgan fingerprint density at radius 1 is 1.14 bits per heavy atom. The first-order chi connectivity index (χ1) is 10.0. The van der Waals surface area contributed by atoms with Crippen LogP contribution in [0.15, 0.2) is 48.5 Å². The zero-order chi connectivity index (χ0) is 15.2. The summed E-state index contributed by atoms with van der Waals surface area (Å²) < 4.78 is 12.9. The van der Waals surface area contributed by atoms with Crippen molar-refractivity contribution in [3.63, 3.8) is 0 Å². The second-order valence-corrected chi connectivity index (χ2v) is 5.40. The van der Waals surface area contributed by atoms with Gasteiger partial charge in [0.25, 0.3) is 0 Å². The SMILES string of the molecule is C[C@H](NC(=O)CCc1ccc(Cl)cc1)c1ccc(F)cc1. The van der Waals surface area contributed by atoms with Gasteiger partial charge in [0.1, 0.15) is 5.82 Å². The summed E-state index contributed by atoms with van der Waals surface area (Å²) in [6.45, 7) is 1.88. The number of carbonyl (C=O) groups excluding carboxylic acids is 1. The van der Waals surface area contributed by atoms with Crippen LogP contribution >= 0.6 is 11.6 Å². The number of halogens is 2. The molecule has 0 fully saturated rings. The Morgan fingerprint density at radius 3 is 2.38 bits per heavy atom. The van der Waals surface area contributed by atoms with E-state index in [1.54, 1.807) is 12.1 Å². The van der Waals surface area contributed by atoms with Crippen LogP contribution in [0.3, 0.4) is 0 Å². The van der Waals surface area contributed by atoms with Gasteiger partial charge in [-0.05, 0) is 48.7 Å². The van der Waals surface area contributed by atoms with Crippen molar-refractivity contribution in [3.05, 3.63) is 70.5 Å². The lowest BCUT2D eigenvalue weighted by molar-refractivity contribution is -0.121. The number of hydrogen-bond donors (Lipinski definition) is 1. The molecule has 0 bridgehead atoms. The van der Waals surface area contributed by atoms with Crippen molar-refractivity contribution in [2.24, 2.45) is 0 Å². The largest absolute Gasteiger partial charge is 0.350 e. The van der Waals surface area contributed by atoms with E-state index in [1.165, 1.54) is 12.1 Å². The Hall–Kier alpha value is -1.87. The highest BCUT2D eigenvalue weighted by molar-refractivity contribution is 6.30. The zero-order valence-corrected chi connectivity index (χ0v) is 12.5. The van der Waals surface area contributed by atoms with Crippen LogP contribution in [-0.4, -0.2) is 5.91 Å². The molecule has 0 aliphatic carbocycles. The summed E-state index contributed by atoms with van der Waals surface area (Å²) in [5.74, 6) is -0.304. The quantitative estimate of drug-likeness (QED) is 0.877. The summed E-state index contributed by atoms with van der Waals surface area (Å²) in [4.78, 5) is 11.9. The molecule has 0 aliphatic heterocycles. The minimum Gasteiger partial charge on any atom is -0.350 e. The number of nitrogens with one attached hydrogen (secondary N) is 1. The Bertz CT molecular complexity index is 595. The molecule has 0 radical (unpaired) electrons. The molecule has 1 amide bonds. The van der Waals surface area contributed by atoms with Crippen LogP contribution in [0.1, 0.15) is 30.5 Å². The highest BCUT2D eigenvalue weighted by Gasteiger charge is 2.09. The summed E-state index contributed by atoms with van der Waals surface area (Å²) in [6, 6.07) is 13.5. The Balaban J connectivity index is 1.83. The lowest BCUT2D eigenvalue weighted by Crippen LogP contribution is -2.26. The van der Waals surface area contributed by atoms with Crippen molar-refractivity contribution >= 4 is 17.5 Å². The first kappa shape index (κ1) is 15.5. The van der Waals surface area contributed by atoms with E-state index in [4.69, 9.17) is 11.6 Å². The summed E-state index contributed by atoms with van der Waals surface area (Å²) in [6.07, 6.45) is 1.08. The van der Waals surface area contributed by atoms with Gasteiger partial charge in [-0.15, -0.1) is 0 Å². The van der Waals surface area contributed by atoms with Crippen LogP contribution in [-0.2, 0) is 11.2 Å². The monoisotopic (exact) mass is 305 g/mol. The summed E-state index contributed by atoms with van der Waals surface area (Å²) in [5, 5.41) is 3.60. The number of carbonyl (C=O) groups is 1. The van der Waals surface area contributed by atoms with Crippen molar-refractivity contribution in [2.75, 3.05) is 0 Å². The molecule has 2 aromatic rings. The van der Waals surface area contributed by atoms with Gasteiger partial charge in [0.2, 0.25) is 5.91 Å². The molecule has 21 heavy (non-hydrogen) atoms. The molecular formula is C17H17ClFNO. The van der Waals surface area contributed by atoms with Gasteiger partial charge in [0, 0.05) is 11.4 Å². The number of hydrogen-bond acceptors (Lipinski definition) is 1. The van der Waals surface area contributed by atoms with Crippen molar-refractivity contribution < 1.29 is 9.18 Å². The average molecular weight is 306 g/mol. The third-order valence-corrected chi connectivity index (χ3v) is 3.55. The topological polar surface area (TPSA) is 29.1 Å². The molecule has 0 aromatic heterocycles. The predicted molar refractivity (Wildman–Crippen MR) is 82.7 cm³/mol. The molecule has 2 nitrogen and oxygen atoms in total. The summed E-state index contributed by atoms with van der Waals surface area (Å²) >= 11 is 5.82. The second-order valence-electron chi connectivity index (χ2n) is 4.97. The van der Waals surface area contributed by atoms with Gasteiger partial charge in [0.05, 0.1) is 6.04 Å². The standard InChI is InChI=1S/C17H17ClFNO/c1-12(14-5-9-16(19)10-6-14)20-17(21)11-4-13-2-7-15(18)8-3-13/h2-3,5-10,12H,4,11H2,1H3,(H,20,21)/t12-/m0/s1. The molecule has 0 heterocycles. The van der Waals surface area contributed by atoms with E-state index in [9.17, 15) is 9.18 Å². The van der Waals surface area contributed by atoms with E-state index in [0.717, 1.165) is 11.1 Å². The normalized spacial score (nSPS) is 12.0. The molecular weight excluding hydrogens is 289 g/mol. The van der Waals surface area contributed by atoms with Crippen molar-refractivity contribution in [2.45, 2.75) is 25.8 Å². The Morgan fingerprint density at radius 2 is 1.76 bits per heavy atom. The van der Waals surface area contributed by atoms with E-state index in [-0.39, 0.29) is 17.8 Å². The third-order valence-electron chi connectivity index (χ3n) is 3.30. The molecule has 0 saturated heterocycles. The number of benzene rings is 2. The van der Waals surface area contributed by atoms with Crippen LogP contribution in [0, 0.1) is 5.82 Å². The van der Waals surface area contributed by atoms with Crippen LogP contribution in [0.2, 0.25) is 5.02 Å². The lowest BCUT2D eigenvalue weighted by Gasteiger charge is -2.14. The minimum absolute atomic E-state index is 0.0261. The molecule has 0 saturated carbocycles. The van der Waals surface area contributed by atoms with E-state index >= 15 is 0 Å². The summed E-state index contributed by atoms with van der Waals surface area (Å²) in [7, 11) is 0. The van der Waals surface area contributed by atoms with Crippen molar-refractivity contribution in [1.82, 2.24) is 5.32 Å². The zero-order valence-electron chi connectivity index (χ0n) is 11.8. The van der Waals surface area contributed by atoms with Gasteiger partial charge in [-0.2, -0.15) is 0 Å². The molecule has 2 aromatic carbocycles. The van der Waals surface area contributed by atoms with Gasteiger partial charge >= 0.3 is 0 Å². The van der Waals surface area contributed by atoms with Crippen LogP contribution in [0.25, 0.3) is 0 Å². The second kappa shape index (κ2) is 7.23. The molecule has 1 N–H and O–H groups in total. The van der Waals surface area contributed by atoms with Crippen LogP contribution in [0.4, 0.5) is 4.39 Å². The number of rotatable bonds is 5. The lowest BCUT2D eigenvalue weighted by atomic mass is 10.1. The molecule has 2 rings (SSSR count). The first-order valence-corrected chi connectivity index (χ1v) is 7.21. The van der Waals surface area contributed by atoms with E-state index < -0.39 is 0 Å². The first-order valence-electron chi connectivity index (χ1n) is 6.84. The van der Waals surface area contributed by atoms with Gasteiger partial charge in [-0.3, -0.25) is 4.79 Å². The smallest absolute Gasteiger partial charge is 0.220 e. The predicted octanol–water partition coefficient (Wildman–Crippen LogP) is 4.29. The Kier molecular flexibility index (Phi) is 5.34. The number of aryl methyl sites for hydroxylation is 1. The van der Waals surface area contributed by atoms with E-state index in [2.05, 4.69) is 5.32 Å². The minimum atomic E-state index is -0.278. The molecule has 0 unspecified atom stereocenters. The van der Waals surface area contributed by atoms with Gasteiger partial charge in [-0.1, -0.05) is 35.9 Å². The fourth-order valence-corrected chi connectivity index (χ4v) is 2.18. The molecule has 0 aliphatic rings. The van der Waals surface area contributed by atoms with Crippen molar-refractivity contribution in [3.8, 4) is 0 Å². The van der Waals surface area contributed by atoms with Gasteiger partial charge in [0.15, 0.2) is 0 Å². The third kappa shape index (κ3) is 4.87. The van der Waals surface area contributed by atoms with E-state index in [0.29, 0.717) is 17.9 Å². The summed E-state index contributed by atoms with van der Waals surface area (Å²) in [5.41, 5.74) is 1.96. The maximum absolute atomic E-state index is 12.9. The van der Waals surface area contributed by atoms with Crippen LogP contribution in [0.5, 0.6) is 0 Å². The molecule has 110 valence electrons. The number of amides is 1. The van der Waals surface area contributed by atoms with Crippen molar-refractivity contribution in [1.29, 1.82) is 0 Å². The fraction of sp³-hybridized carbons (Fsp3) is 0.235. The fourth-order valence-electron chi connectivity index (χ4n) is 2.06. The van der Waals surface area contributed by atoms with Crippen LogP contribution < -0.4 is 5.32 Å². The highest BCUT2D eigenvalue weighted by atomic mass is 35.5. The Labute approximate surface area is 128 Å². The van der Waals surface area contributed by atoms with E-state index in [1.807, 2.05) is 31.2 Å². The van der Waals surface area contributed by atoms with Gasteiger partial charge in [-0.25, -0.2) is 4.39 Å². The molecule has 0 spiro atoms. The highest BCUT2D eigenvalue weighted by Crippen LogP contribution is 2.14. The molecule has 1 atom stereocenters.